The topological polar surface area (TPSA) is 343 Å². The van der Waals surface area contributed by atoms with Crippen molar-refractivity contribution in [1.82, 2.24) is 0 Å². The third kappa shape index (κ3) is 6.83. The second-order valence-electron chi connectivity index (χ2n) is 8.32. The Kier molecular flexibility index (Phi) is 14.1. The van der Waals surface area contributed by atoms with Crippen LogP contribution in [0, 0.1) is 0 Å². The molecular weight excluding hydrogens is 504 g/mol. The Balaban J connectivity index is 0.00000408. The molecule has 15 atom stereocenters. The highest BCUT2D eigenvalue weighted by atomic mass is 16.7. The third-order valence-corrected chi connectivity index (χ3v) is 6.05. The monoisotopic (exact) mass is 542 g/mol. The molecule has 3 heterocycles. The molecule has 3 saturated heterocycles. The summed E-state index contributed by atoms with van der Waals surface area (Å²) < 4.78 is 26.6. The molecule has 3 rings (SSSR count). The first-order valence-electron chi connectivity index (χ1n) is 10.4. The molecule has 0 bridgehead atoms. The Morgan fingerprint density at radius 2 is 1.06 bits per heavy atom. The molecule has 0 aromatic carbocycles. The average Bonchev–Trinajstić information content (AvgIpc) is 2.79. The Morgan fingerprint density at radius 1 is 0.528 bits per heavy atom. The summed E-state index contributed by atoms with van der Waals surface area (Å²) in [6.45, 7) is -0.122. The Bertz CT molecular complexity index is 627. The maximum atomic E-state index is 10.7. The van der Waals surface area contributed by atoms with Crippen LogP contribution < -0.4 is 0 Å². The second kappa shape index (κ2) is 14.4. The van der Waals surface area contributed by atoms with Gasteiger partial charge in [-0.2, -0.15) is 0 Å². The molecule has 0 radical (unpaired) electrons. The van der Waals surface area contributed by atoms with Crippen LogP contribution in [0.4, 0.5) is 0 Å². The first-order valence-corrected chi connectivity index (χ1v) is 10.4. The van der Waals surface area contributed by atoms with E-state index in [4.69, 9.17) is 23.7 Å². The van der Waals surface area contributed by atoms with Gasteiger partial charge in [0, 0.05) is 0 Å². The minimum Gasteiger partial charge on any atom is -0.412 e. The molecule has 3 aliphatic rings. The van der Waals surface area contributed by atoms with Crippen LogP contribution in [0.2, 0.25) is 0 Å². The minimum absolute atomic E-state index is 0. The van der Waals surface area contributed by atoms with Crippen molar-refractivity contribution >= 4 is 0 Å². The molecule has 0 aromatic heterocycles. The number of aliphatic hydroxyl groups is 10. The Labute approximate surface area is 204 Å². The largest absolute Gasteiger partial charge is 0.412 e. The second-order valence-corrected chi connectivity index (χ2v) is 8.32. The van der Waals surface area contributed by atoms with Crippen LogP contribution in [0.15, 0.2) is 0 Å². The number of rotatable bonds is 6. The van der Waals surface area contributed by atoms with Gasteiger partial charge in [-0.1, -0.05) is 0 Å². The SMILES string of the molecule is C[C@@H]1O[C@@H](O[C@H]2[C@@H](O)[C@@H](CO)O[C@@H](O[C@H]3[C@H](O)[C@@H](O)[C@H](O)O[C@@H]3CO)[C@@H]2O)[C@@H](O)[C@H](O)[C@@H]1O.O.O.O. The van der Waals surface area contributed by atoms with Crippen molar-refractivity contribution in [3.63, 3.8) is 0 Å². The highest BCUT2D eigenvalue weighted by Crippen LogP contribution is 2.32. The molecule has 3 fully saturated rings. The smallest absolute Gasteiger partial charge is 0.187 e. The summed E-state index contributed by atoms with van der Waals surface area (Å²) in [5, 5.41) is 99.9. The van der Waals surface area contributed by atoms with Crippen molar-refractivity contribution in [2.75, 3.05) is 13.2 Å². The molecule has 0 aliphatic carbocycles. The van der Waals surface area contributed by atoms with Crippen LogP contribution in [-0.2, 0) is 23.7 Å². The summed E-state index contributed by atoms with van der Waals surface area (Å²) >= 11 is 0. The van der Waals surface area contributed by atoms with Crippen molar-refractivity contribution in [2.45, 2.75) is 99.0 Å². The van der Waals surface area contributed by atoms with Gasteiger partial charge in [-0.25, -0.2) is 0 Å². The first kappa shape index (κ1) is 35.3. The van der Waals surface area contributed by atoms with E-state index in [0.717, 1.165) is 0 Å². The van der Waals surface area contributed by atoms with E-state index in [1.54, 1.807) is 0 Å². The van der Waals surface area contributed by atoms with E-state index in [1.807, 2.05) is 0 Å². The van der Waals surface area contributed by atoms with Crippen molar-refractivity contribution in [1.29, 1.82) is 0 Å². The van der Waals surface area contributed by atoms with E-state index in [1.165, 1.54) is 6.92 Å². The van der Waals surface area contributed by atoms with Crippen molar-refractivity contribution in [3.8, 4) is 0 Å². The van der Waals surface area contributed by atoms with Gasteiger partial charge in [-0.05, 0) is 6.92 Å². The van der Waals surface area contributed by atoms with Gasteiger partial charge in [0.25, 0.3) is 0 Å². The molecule has 218 valence electrons. The average molecular weight is 542 g/mol. The van der Waals surface area contributed by atoms with Gasteiger partial charge in [0.1, 0.15) is 67.1 Å². The molecule has 18 nitrogen and oxygen atoms in total. The lowest BCUT2D eigenvalue weighted by atomic mass is 9.96. The van der Waals surface area contributed by atoms with Crippen molar-refractivity contribution < 1.29 is 91.2 Å². The fraction of sp³-hybridized carbons (Fsp3) is 1.00. The lowest BCUT2D eigenvalue weighted by Crippen LogP contribution is -2.66. The standard InChI is InChI=1S/C18H32O15.3H2O/c1-4-7(21)9(23)12(26)17(29-4)33-15-8(22)5(2-19)31-18(13(15)27)32-14-6(3-20)30-16(28)11(25)10(14)24;;;/h4-28H,2-3H2,1H3;3*1H2/t4-,5+,6+,7+,8-,9+,10+,11+,12-,13+,14+,15-,16+,17-,18-;;;/m0.../s1. The van der Waals surface area contributed by atoms with Gasteiger partial charge in [0.15, 0.2) is 18.9 Å². The molecular formula is C18H38O18. The van der Waals surface area contributed by atoms with E-state index < -0.39 is 105 Å². The molecule has 0 saturated carbocycles. The van der Waals surface area contributed by atoms with Gasteiger partial charge >= 0.3 is 0 Å². The van der Waals surface area contributed by atoms with Crippen LogP contribution in [0.5, 0.6) is 0 Å². The zero-order valence-electron chi connectivity index (χ0n) is 19.1. The van der Waals surface area contributed by atoms with Crippen LogP contribution in [0.3, 0.4) is 0 Å². The summed E-state index contributed by atoms with van der Waals surface area (Å²) in [7, 11) is 0. The molecule has 0 amide bonds. The number of ether oxygens (including phenoxy) is 5. The van der Waals surface area contributed by atoms with E-state index in [-0.39, 0.29) is 16.4 Å². The van der Waals surface area contributed by atoms with Crippen LogP contribution >= 0.6 is 0 Å². The molecule has 16 N–H and O–H groups in total. The molecule has 18 heteroatoms. The summed E-state index contributed by atoms with van der Waals surface area (Å²) in [5.41, 5.74) is 0. The van der Waals surface area contributed by atoms with Crippen molar-refractivity contribution in [2.24, 2.45) is 0 Å². The first-order chi connectivity index (χ1) is 15.5. The summed E-state index contributed by atoms with van der Waals surface area (Å²) in [6.07, 6.45) is -23.9. The fourth-order valence-corrected chi connectivity index (χ4v) is 4.00. The minimum atomic E-state index is -1.84. The van der Waals surface area contributed by atoms with Gasteiger partial charge in [-0.15, -0.1) is 0 Å². The van der Waals surface area contributed by atoms with Crippen LogP contribution in [0.1, 0.15) is 6.92 Å². The third-order valence-electron chi connectivity index (χ3n) is 6.05. The zero-order valence-corrected chi connectivity index (χ0v) is 19.1. The maximum absolute atomic E-state index is 10.7. The van der Waals surface area contributed by atoms with E-state index in [9.17, 15) is 51.1 Å². The molecule has 0 aromatic rings. The van der Waals surface area contributed by atoms with Gasteiger partial charge in [0.2, 0.25) is 0 Å². The Morgan fingerprint density at radius 3 is 1.61 bits per heavy atom. The molecule has 0 unspecified atom stereocenters. The summed E-state index contributed by atoms with van der Waals surface area (Å²) in [5.74, 6) is 0. The molecule has 3 aliphatic heterocycles. The lowest BCUT2D eigenvalue weighted by molar-refractivity contribution is -0.377. The van der Waals surface area contributed by atoms with Gasteiger partial charge < -0.3 is 91.2 Å². The Hall–Kier alpha value is -0.720. The highest BCUT2D eigenvalue weighted by molar-refractivity contribution is 4.96. The predicted octanol–water partition coefficient (Wildman–Crippen LogP) is -9.02. The van der Waals surface area contributed by atoms with Gasteiger partial charge in [-0.3, -0.25) is 0 Å². The zero-order chi connectivity index (χ0) is 24.6. The van der Waals surface area contributed by atoms with Crippen LogP contribution in [0.25, 0.3) is 0 Å². The quantitative estimate of drug-likeness (QED) is 0.149. The number of hydrogen-bond donors (Lipinski definition) is 10. The normalized spacial score (nSPS) is 49.2. The van der Waals surface area contributed by atoms with E-state index in [2.05, 4.69) is 0 Å². The van der Waals surface area contributed by atoms with Gasteiger partial charge in [0.05, 0.1) is 19.3 Å². The summed E-state index contributed by atoms with van der Waals surface area (Å²) in [6, 6.07) is 0. The highest BCUT2D eigenvalue weighted by Gasteiger charge is 2.53. The predicted molar refractivity (Wildman–Crippen MR) is 111 cm³/mol. The molecule has 0 spiro atoms. The lowest BCUT2D eigenvalue weighted by Gasteiger charge is -2.47. The molecule has 36 heavy (non-hydrogen) atoms. The van der Waals surface area contributed by atoms with Crippen molar-refractivity contribution in [3.05, 3.63) is 0 Å². The fourth-order valence-electron chi connectivity index (χ4n) is 4.00. The maximum Gasteiger partial charge on any atom is 0.187 e. The van der Waals surface area contributed by atoms with E-state index in [0.29, 0.717) is 0 Å². The number of hydrogen-bond acceptors (Lipinski definition) is 15. The van der Waals surface area contributed by atoms with Crippen LogP contribution in [-0.4, -0.2) is 173 Å². The van der Waals surface area contributed by atoms with E-state index >= 15 is 0 Å². The summed E-state index contributed by atoms with van der Waals surface area (Å²) in [4.78, 5) is 0. The number of aliphatic hydroxyl groups excluding tert-OH is 10.